The summed E-state index contributed by atoms with van der Waals surface area (Å²) in [7, 11) is 0. The Morgan fingerprint density at radius 3 is 2.71 bits per heavy atom. The molecule has 1 aliphatic heterocycles. The lowest BCUT2D eigenvalue weighted by atomic mass is 10.1. The van der Waals surface area contributed by atoms with Gasteiger partial charge in [0.05, 0.1) is 31.7 Å². The van der Waals surface area contributed by atoms with E-state index in [4.69, 9.17) is 9.15 Å². The predicted octanol–water partition coefficient (Wildman–Crippen LogP) is 4.23. The number of para-hydroxylation sites is 1. The number of hydrogen-bond acceptors (Lipinski definition) is 7. The summed E-state index contributed by atoms with van der Waals surface area (Å²) in [4.78, 5) is 14.8. The number of nitrogens with zero attached hydrogens (tertiary/aromatic N) is 4. The van der Waals surface area contributed by atoms with Gasteiger partial charge in [-0.05, 0) is 48.4 Å². The number of amides is 1. The number of benzene rings is 2. The van der Waals surface area contributed by atoms with Crippen LogP contribution < -0.4 is 10.2 Å². The van der Waals surface area contributed by atoms with Crippen LogP contribution in [0.25, 0.3) is 5.69 Å². The highest BCUT2D eigenvalue weighted by Gasteiger charge is 2.22. The zero-order valence-electron chi connectivity index (χ0n) is 19.5. The van der Waals surface area contributed by atoms with Gasteiger partial charge in [0, 0.05) is 24.4 Å². The van der Waals surface area contributed by atoms with E-state index >= 15 is 0 Å². The Hall–Kier alpha value is -3.56. The third kappa shape index (κ3) is 5.41. The summed E-state index contributed by atoms with van der Waals surface area (Å²) in [6.45, 7) is 5.37. The summed E-state index contributed by atoms with van der Waals surface area (Å²) in [6.07, 6.45) is 1.60. The van der Waals surface area contributed by atoms with Gasteiger partial charge in [0.25, 0.3) is 5.91 Å². The molecule has 4 aromatic rings. The van der Waals surface area contributed by atoms with Gasteiger partial charge in [-0.3, -0.25) is 9.36 Å². The number of rotatable bonds is 8. The van der Waals surface area contributed by atoms with Gasteiger partial charge in [-0.25, -0.2) is 0 Å². The van der Waals surface area contributed by atoms with Crippen molar-refractivity contribution in [2.24, 2.45) is 0 Å². The van der Waals surface area contributed by atoms with Crippen molar-refractivity contribution in [3.63, 3.8) is 0 Å². The second-order valence-electron chi connectivity index (χ2n) is 8.25. The molecule has 1 fully saturated rings. The van der Waals surface area contributed by atoms with Crippen LogP contribution in [0.1, 0.15) is 27.2 Å². The molecule has 1 saturated heterocycles. The Morgan fingerprint density at radius 1 is 1.06 bits per heavy atom. The van der Waals surface area contributed by atoms with Crippen LogP contribution in [0, 0.1) is 6.92 Å². The normalized spacial score (nSPS) is 13.7. The van der Waals surface area contributed by atoms with Crippen LogP contribution in [0.15, 0.2) is 76.5 Å². The number of morpholine rings is 1. The highest BCUT2D eigenvalue weighted by molar-refractivity contribution is 7.98. The maximum atomic E-state index is 12.6. The number of hydrogen-bond donors (Lipinski definition) is 1. The SMILES string of the molecule is Cc1ccccc1-n1c(SCc2cccc(C(=O)NCc3ccco3)c2)nnc1N1CCOCC1. The van der Waals surface area contributed by atoms with Gasteiger partial charge in [-0.1, -0.05) is 42.1 Å². The first-order chi connectivity index (χ1) is 17.2. The van der Waals surface area contributed by atoms with Crippen molar-refractivity contribution in [3.05, 3.63) is 89.4 Å². The van der Waals surface area contributed by atoms with Gasteiger partial charge in [-0.15, -0.1) is 10.2 Å². The Morgan fingerprint density at radius 2 is 1.91 bits per heavy atom. The van der Waals surface area contributed by atoms with Gasteiger partial charge in [-0.2, -0.15) is 0 Å². The number of thioether (sulfide) groups is 1. The quantitative estimate of drug-likeness (QED) is 0.371. The van der Waals surface area contributed by atoms with Crippen molar-refractivity contribution in [2.75, 3.05) is 31.2 Å². The standard InChI is InChI=1S/C26H27N5O3S/c1-19-6-2-3-10-23(19)31-25(30-11-14-33-15-12-30)28-29-26(31)35-18-20-7-4-8-21(16-20)24(32)27-17-22-9-5-13-34-22/h2-10,13,16H,11-12,14-15,17-18H2,1H3,(H,27,32). The van der Waals surface area contributed by atoms with E-state index in [2.05, 4.69) is 44.0 Å². The molecule has 1 aliphatic rings. The van der Waals surface area contributed by atoms with Gasteiger partial charge < -0.3 is 19.4 Å². The van der Waals surface area contributed by atoms with Crippen LogP contribution in [-0.4, -0.2) is 47.0 Å². The van der Waals surface area contributed by atoms with Crippen molar-refractivity contribution in [1.29, 1.82) is 0 Å². The van der Waals surface area contributed by atoms with Gasteiger partial charge in [0.15, 0.2) is 5.16 Å². The van der Waals surface area contributed by atoms with Gasteiger partial charge in [0.1, 0.15) is 5.76 Å². The second kappa shape index (κ2) is 10.8. The van der Waals surface area contributed by atoms with Crippen molar-refractivity contribution in [1.82, 2.24) is 20.1 Å². The molecule has 0 spiro atoms. The molecular weight excluding hydrogens is 462 g/mol. The summed E-state index contributed by atoms with van der Waals surface area (Å²) in [6, 6.07) is 19.6. The van der Waals surface area contributed by atoms with Crippen LogP contribution in [0.5, 0.6) is 0 Å². The molecule has 0 aliphatic carbocycles. The molecule has 2 aromatic heterocycles. The maximum Gasteiger partial charge on any atom is 0.251 e. The molecular formula is C26H27N5O3S. The van der Waals surface area contributed by atoms with Crippen LogP contribution in [0.4, 0.5) is 5.95 Å². The molecule has 0 bridgehead atoms. The zero-order chi connectivity index (χ0) is 24.0. The number of carbonyl (C=O) groups excluding carboxylic acids is 1. The predicted molar refractivity (Wildman–Crippen MR) is 135 cm³/mol. The number of aromatic nitrogens is 3. The van der Waals surface area contributed by atoms with E-state index in [0.717, 1.165) is 46.8 Å². The summed E-state index contributed by atoms with van der Waals surface area (Å²) in [5.74, 6) is 2.07. The van der Waals surface area contributed by atoms with E-state index in [1.807, 2.05) is 42.5 Å². The Balaban J connectivity index is 1.34. The van der Waals surface area contributed by atoms with Crippen LogP contribution in [0.3, 0.4) is 0 Å². The molecule has 9 heteroatoms. The van der Waals surface area contributed by atoms with Crippen LogP contribution >= 0.6 is 11.8 Å². The number of carbonyl (C=O) groups is 1. The van der Waals surface area contributed by atoms with Crippen molar-refractivity contribution < 1.29 is 13.9 Å². The van der Waals surface area contributed by atoms with E-state index in [1.54, 1.807) is 24.1 Å². The Kier molecular flexibility index (Phi) is 7.15. The fourth-order valence-corrected chi connectivity index (χ4v) is 4.86. The lowest BCUT2D eigenvalue weighted by Crippen LogP contribution is -2.38. The smallest absolute Gasteiger partial charge is 0.251 e. The number of furan rings is 1. The highest BCUT2D eigenvalue weighted by Crippen LogP contribution is 2.30. The highest BCUT2D eigenvalue weighted by atomic mass is 32.2. The first kappa shape index (κ1) is 23.2. The monoisotopic (exact) mass is 489 g/mol. The molecule has 180 valence electrons. The fraction of sp³-hybridized carbons (Fsp3) is 0.269. The van der Waals surface area contributed by atoms with Crippen LogP contribution in [0.2, 0.25) is 0 Å². The van der Waals surface area contributed by atoms with E-state index in [0.29, 0.717) is 31.1 Å². The summed E-state index contributed by atoms with van der Waals surface area (Å²) in [5, 5.41) is 12.8. The Bertz CT molecular complexity index is 1280. The Labute approximate surface area is 208 Å². The second-order valence-corrected chi connectivity index (χ2v) is 9.20. The van der Waals surface area contributed by atoms with E-state index in [-0.39, 0.29) is 5.91 Å². The first-order valence-corrected chi connectivity index (χ1v) is 12.5. The molecule has 8 nitrogen and oxygen atoms in total. The van der Waals surface area contributed by atoms with E-state index in [1.165, 1.54) is 0 Å². The number of nitrogens with one attached hydrogen (secondary N) is 1. The van der Waals surface area contributed by atoms with Crippen LogP contribution in [-0.2, 0) is 17.0 Å². The largest absolute Gasteiger partial charge is 0.467 e. The minimum atomic E-state index is -0.133. The molecule has 1 amide bonds. The van der Waals surface area contributed by atoms with Gasteiger partial charge >= 0.3 is 0 Å². The maximum absolute atomic E-state index is 12.6. The fourth-order valence-electron chi connectivity index (χ4n) is 3.98. The minimum Gasteiger partial charge on any atom is -0.467 e. The number of ether oxygens (including phenoxy) is 1. The van der Waals surface area contributed by atoms with E-state index in [9.17, 15) is 4.79 Å². The summed E-state index contributed by atoms with van der Waals surface area (Å²) < 4.78 is 12.9. The van der Waals surface area contributed by atoms with Crippen molar-refractivity contribution >= 4 is 23.6 Å². The molecule has 2 aromatic carbocycles. The topological polar surface area (TPSA) is 85.4 Å². The van der Waals surface area contributed by atoms with Crippen molar-refractivity contribution in [3.8, 4) is 5.69 Å². The summed E-state index contributed by atoms with van der Waals surface area (Å²) in [5.41, 5.74) is 3.86. The third-order valence-electron chi connectivity index (χ3n) is 5.83. The molecule has 1 N–H and O–H groups in total. The average Bonchev–Trinajstić information content (AvgIpc) is 3.57. The molecule has 0 saturated carbocycles. The zero-order valence-corrected chi connectivity index (χ0v) is 20.3. The lowest BCUT2D eigenvalue weighted by molar-refractivity contribution is 0.0948. The van der Waals surface area contributed by atoms with Gasteiger partial charge in [0.2, 0.25) is 5.95 Å². The first-order valence-electron chi connectivity index (χ1n) is 11.6. The average molecular weight is 490 g/mol. The summed E-state index contributed by atoms with van der Waals surface area (Å²) >= 11 is 1.61. The number of aryl methyl sites for hydroxylation is 1. The minimum absolute atomic E-state index is 0.133. The molecule has 0 atom stereocenters. The van der Waals surface area contributed by atoms with E-state index < -0.39 is 0 Å². The molecule has 5 rings (SSSR count). The van der Waals surface area contributed by atoms with Crippen molar-refractivity contribution in [2.45, 2.75) is 24.4 Å². The molecule has 35 heavy (non-hydrogen) atoms. The number of anilines is 1. The molecule has 0 unspecified atom stereocenters. The third-order valence-corrected chi connectivity index (χ3v) is 6.83. The molecule has 3 heterocycles. The molecule has 0 radical (unpaired) electrons. The lowest BCUT2D eigenvalue weighted by Gasteiger charge is -2.28.